The largest absolute Gasteiger partial charge is 0.478 e. The second-order valence-corrected chi connectivity index (χ2v) is 5.29. The number of carboxylic acid groups (broad SMARTS) is 1. The zero-order valence-corrected chi connectivity index (χ0v) is 9.17. The van der Waals surface area contributed by atoms with Gasteiger partial charge in [-0.3, -0.25) is 0 Å². The molecule has 4 heteroatoms. The maximum absolute atomic E-state index is 10.5. The topological polar surface area (TPSA) is 37.3 Å². The van der Waals surface area contributed by atoms with E-state index in [0.29, 0.717) is 5.56 Å². The summed E-state index contributed by atoms with van der Waals surface area (Å²) in [6, 6.07) is 6.75. The molecular weight excluding hydrogens is 288 g/mol. The molecule has 0 saturated heterocycles. The van der Waals surface area contributed by atoms with Crippen LogP contribution in [0.5, 0.6) is 0 Å². The summed E-state index contributed by atoms with van der Waals surface area (Å²) in [4.78, 5) is 10.5. The van der Waals surface area contributed by atoms with E-state index in [2.05, 4.69) is 31.9 Å². The lowest BCUT2D eigenvalue weighted by Gasteiger charge is -2.02. The molecule has 1 aromatic rings. The van der Waals surface area contributed by atoms with Crippen molar-refractivity contribution < 1.29 is 9.90 Å². The summed E-state index contributed by atoms with van der Waals surface area (Å²) in [5.74, 6) is -0.905. The van der Waals surface area contributed by atoms with Crippen molar-refractivity contribution in [3.8, 4) is 0 Å². The minimum Gasteiger partial charge on any atom is -0.478 e. The third kappa shape index (κ3) is 2.32. The van der Waals surface area contributed by atoms with Gasteiger partial charge in [-0.2, -0.15) is 0 Å². The van der Waals surface area contributed by atoms with Gasteiger partial charge in [0.1, 0.15) is 0 Å². The summed E-state index contributed by atoms with van der Waals surface area (Å²) < 4.78 is 0.00398. The van der Waals surface area contributed by atoms with E-state index in [9.17, 15) is 4.79 Å². The first kappa shape index (κ1) is 9.74. The van der Waals surface area contributed by atoms with Crippen LogP contribution < -0.4 is 0 Å². The van der Waals surface area contributed by atoms with Crippen LogP contribution in [0.4, 0.5) is 0 Å². The van der Waals surface area contributed by atoms with E-state index >= 15 is 0 Å². The number of aromatic carboxylic acids is 1. The Morgan fingerprint density at radius 3 is 2.58 bits per heavy atom. The Labute approximate surface area is 86.9 Å². The highest BCUT2D eigenvalue weighted by Crippen LogP contribution is 2.29. The number of alkyl halides is 2. The predicted molar refractivity (Wildman–Crippen MR) is 54.0 cm³/mol. The molecule has 0 saturated carbocycles. The molecule has 12 heavy (non-hydrogen) atoms. The highest BCUT2D eigenvalue weighted by Gasteiger charge is 2.06. The van der Waals surface area contributed by atoms with Crippen LogP contribution in [-0.2, 0) is 0 Å². The Morgan fingerprint density at radius 1 is 1.42 bits per heavy atom. The first-order valence-electron chi connectivity index (χ1n) is 3.22. The van der Waals surface area contributed by atoms with E-state index < -0.39 is 5.97 Å². The van der Waals surface area contributed by atoms with E-state index in [4.69, 9.17) is 5.11 Å². The molecule has 0 fully saturated rings. The van der Waals surface area contributed by atoms with Crippen molar-refractivity contribution in [2.75, 3.05) is 0 Å². The standard InChI is InChI=1S/C8H6Br2O2/c9-7(10)5-2-1-3-6(4-5)8(11)12/h1-4,7H,(H,11,12). The Hall–Kier alpha value is -0.350. The molecule has 64 valence electrons. The minimum absolute atomic E-state index is 0.00398. The fraction of sp³-hybridized carbons (Fsp3) is 0.125. The van der Waals surface area contributed by atoms with Crippen LogP contribution in [0.1, 0.15) is 19.7 Å². The van der Waals surface area contributed by atoms with Gasteiger partial charge in [0.2, 0.25) is 0 Å². The van der Waals surface area contributed by atoms with Crippen molar-refractivity contribution in [2.45, 2.75) is 3.74 Å². The molecule has 0 amide bonds. The lowest BCUT2D eigenvalue weighted by molar-refractivity contribution is 0.0697. The summed E-state index contributed by atoms with van der Waals surface area (Å²) >= 11 is 6.58. The normalized spacial score (nSPS) is 10.2. The summed E-state index contributed by atoms with van der Waals surface area (Å²) in [5, 5.41) is 8.66. The molecule has 0 heterocycles. The monoisotopic (exact) mass is 292 g/mol. The predicted octanol–water partition coefficient (Wildman–Crippen LogP) is 3.17. The van der Waals surface area contributed by atoms with Crippen LogP contribution in [0.15, 0.2) is 24.3 Å². The molecule has 0 aliphatic carbocycles. The second-order valence-electron chi connectivity index (χ2n) is 2.23. The molecule has 0 radical (unpaired) electrons. The van der Waals surface area contributed by atoms with Gasteiger partial charge in [-0.1, -0.05) is 44.0 Å². The van der Waals surface area contributed by atoms with E-state index in [0.717, 1.165) is 5.56 Å². The van der Waals surface area contributed by atoms with Crippen LogP contribution in [0.25, 0.3) is 0 Å². The van der Waals surface area contributed by atoms with Gasteiger partial charge >= 0.3 is 5.97 Å². The summed E-state index contributed by atoms with van der Waals surface area (Å²) in [6.45, 7) is 0. The average Bonchev–Trinajstić information content (AvgIpc) is 2.04. The average molecular weight is 294 g/mol. The molecule has 1 aromatic carbocycles. The lowest BCUT2D eigenvalue weighted by atomic mass is 10.1. The van der Waals surface area contributed by atoms with Crippen LogP contribution in [0, 0.1) is 0 Å². The quantitative estimate of drug-likeness (QED) is 0.851. The Morgan fingerprint density at radius 2 is 2.08 bits per heavy atom. The molecule has 0 aromatic heterocycles. The maximum atomic E-state index is 10.5. The van der Waals surface area contributed by atoms with Gasteiger partial charge in [-0.05, 0) is 17.7 Å². The van der Waals surface area contributed by atoms with Gasteiger partial charge < -0.3 is 5.11 Å². The highest BCUT2D eigenvalue weighted by molar-refractivity contribution is 9.24. The van der Waals surface area contributed by atoms with Crippen molar-refractivity contribution in [2.24, 2.45) is 0 Å². The molecule has 2 nitrogen and oxygen atoms in total. The molecule has 0 atom stereocenters. The van der Waals surface area contributed by atoms with Crippen LogP contribution in [-0.4, -0.2) is 11.1 Å². The first-order valence-corrected chi connectivity index (χ1v) is 5.06. The molecule has 1 N–H and O–H groups in total. The summed E-state index contributed by atoms with van der Waals surface area (Å²) in [6.07, 6.45) is 0. The first-order chi connectivity index (χ1) is 5.61. The third-order valence-electron chi connectivity index (χ3n) is 1.39. The number of carbonyl (C=O) groups is 1. The van der Waals surface area contributed by atoms with Crippen LogP contribution >= 0.6 is 31.9 Å². The smallest absolute Gasteiger partial charge is 0.335 e. The van der Waals surface area contributed by atoms with Gasteiger partial charge in [0.05, 0.1) is 9.30 Å². The number of hydrogen-bond acceptors (Lipinski definition) is 1. The number of benzene rings is 1. The highest BCUT2D eigenvalue weighted by atomic mass is 79.9. The van der Waals surface area contributed by atoms with Crippen molar-refractivity contribution in [3.05, 3.63) is 35.4 Å². The third-order valence-corrected chi connectivity index (χ3v) is 2.44. The minimum atomic E-state index is -0.905. The molecule has 0 spiro atoms. The van der Waals surface area contributed by atoms with Crippen LogP contribution in [0.2, 0.25) is 0 Å². The van der Waals surface area contributed by atoms with E-state index in [1.54, 1.807) is 18.2 Å². The maximum Gasteiger partial charge on any atom is 0.335 e. The SMILES string of the molecule is O=C(O)c1cccc(C(Br)Br)c1. The summed E-state index contributed by atoms with van der Waals surface area (Å²) in [5.41, 5.74) is 1.20. The Kier molecular flexibility index (Phi) is 3.29. The fourth-order valence-corrected chi connectivity index (χ4v) is 1.38. The Bertz CT molecular complexity index is 297. The van der Waals surface area contributed by atoms with E-state index in [-0.39, 0.29) is 3.74 Å². The van der Waals surface area contributed by atoms with Crippen molar-refractivity contribution in [1.82, 2.24) is 0 Å². The molecule has 1 rings (SSSR count). The zero-order chi connectivity index (χ0) is 9.14. The van der Waals surface area contributed by atoms with Gasteiger partial charge in [0.25, 0.3) is 0 Å². The number of carboxylic acids is 1. The number of rotatable bonds is 2. The second kappa shape index (κ2) is 4.05. The molecule has 0 aliphatic rings. The lowest BCUT2D eigenvalue weighted by Crippen LogP contribution is -1.96. The van der Waals surface area contributed by atoms with Crippen molar-refractivity contribution in [1.29, 1.82) is 0 Å². The van der Waals surface area contributed by atoms with Gasteiger partial charge in [-0.25, -0.2) is 4.79 Å². The van der Waals surface area contributed by atoms with Crippen LogP contribution in [0.3, 0.4) is 0 Å². The fourth-order valence-electron chi connectivity index (χ4n) is 0.807. The van der Waals surface area contributed by atoms with Gasteiger partial charge in [0, 0.05) is 0 Å². The molecule has 0 aliphatic heterocycles. The van der Waals surface area contributed by atoms with E-state index in [1.807, 2.05) is 6.07 Å². The zero-order valence-electron chi connectivity index (χ0n) is 6.00. The van der Waals surface area contributed by atoms with E-state index in [1.165, 1.54) is 0 Å². The van der Waals surface area contributed by atoms with Gasteiger partial charge in [0.15, 0.2) is 0 Å². The summed E-state index contributed by atoms with van der Waals surface area (Å²) in [7, 11) is 0. The van der Waals surface area contributed by atoms with Gasteiger partial charge in [-0.15, -0.1) is 0 Å². The van der Waals surface area contributed by atoms with Crippen molar-refractivity contribution in [3.63, 3.8) is 0 Å². The Balaban J connectivity index is 3.04. The number of halogens is 2. The van der Waals surface area contributed by atoms with Crippen molar-refractivity contribution >= 4 is 37.8 Å². The molecule has 0 unspecified atom stereocenters. The molecule has 0 bridgehead atoms. The number of hydrogen-bond donors (Lipinski definition) is 1. The molecular formula is C8H6Br2O2.